The fourth-order valence-corrected chi connectivity index (χ4v) is 5.27. The third-order valence-corrected chi connectivity index (χ3v) is 7.33. The molecule has 1 aliphatic carbocycles. The minimum Gasteiger partial charge on any atom is -0.379 e. The van der Waals surface area contributed by atoms with E-state index in [0.29, 0.717) is 47.5 Å². The number of fused-ring (bicyclic) bond motifs is 1. The fraction of sp³-hybridized carbons (Fsp3) is 0.286. The van der Waals surface area contributed by atoms with Crippen molar-refractivity contribution in [3.8, 4) is 0 Å². The van der Waals surface area contributed by atoms with E-state index in [9.17, 15) is 14.0 Å². The summed E-state index contributed by atoms with van der Waals surface area (Å²) in [5, 5.41) is 6.15. The average molecular weight is 605 g/mol. The van der Waals surface area contributed by atoms with Crippen LogP contribution in [0, 0.1) is 11.7 Å². The normalized spacial score (nSPS) is 16.5. The largest absolute Gasteiger partial charge is 0.379 e. The summed E-state index contributed by atoms with van der Waals surface area (Å²) in [7, 11) is 1.73. The number of benzene rings is 2. The lowest BCUT2D eigenvalue weighted by Crippen LogP contribution is -2.43. The van der Waals surface area contributed by atoms with E-state index in [1.54, 1.807) is 36.2 Å². The SMILES string of the molecule is CN(CCOCC1CC1)c1ncc(F)cc1C(=O)NC1N=C(c2c(Cl)cc(Cl)cc2Cl)c2ccccc2NC1=O. The first kappa shape index (κ1) is 28.3. The Morgan fingerprint density at radius 1 is 1.18 bits per heavy atom. The lowest BCUT2D eigenvalue weighted by Gasteiger charge is -2.21. The lowest BCUT2D eigenvalue weighted by atomic mass is 10.0. The van der Waals surface area contributed by atoms with Crippen molar-refractivity contribution in [2.24, 2.45) is 10.9 Å². The number of ether oxygens (including phenoxy) is 1. The summed E-state index contributed by atoms with van der Waals surface area (Å²) in [5.74, 6) is -1.19. The number of nitrogens with zero attached hydrogens (tertiary/aromatic N) is 3. The van der Waals surface area contributed by atoms with Crippen molar-refractivity contribution in [3.05, 3.63) is 86.2 Å². The molecule has 1 saturated carbocycles. The molecule has 3 aromatic rings. The number of aliphatic imine (C=N–C) groups is 1. The van der Waals surface area contributed by atoms with Gasteiger partial charge in [0, 0.05) is 36.3 Å². The van der Waals surface area contributed by atoms with Crippen LogP contribution in [-0.4, -0.2) is 55.5 Å². The van der Waals surface area contributed by atoms with Gasteiger partial charge in [-0.2, -0.15) is 0 Å². The third kappa shape index (κ3) is 6.39. The van der Waals surface area contributed by atoms with Gasteiger partial charge in [0.15, 0.2) is 0 Å². The number of carbonyl (C=O) groups excluding carboxylic acids is 2. The standard InChI is InChI=1S/C28H25Cl3FN5O3/c1-37(8-9-40-14-15-6-7-15)26-19(12-17(32)13-33-26)27(38)36-25-28(39)34-22-5-3-2-4-18(22)24(35-25)23-20(30)10-16(29)11-21(23)31/h2-5,10-13,15,25H,6-9,14H2,1H3,(H,34,39)(H,36,38). The highest BCUT2D eigenvalue weighted by molar-refractivity contribution is 6.44. The minimum absolute atomic E-state index is 0.0569. The van der Waals surface area contributed by atoms with Gasteiger partial charge in [0.2, 0.25) is 6.17 Å². The Bertz CT molecular complexity index is 1470. The highest BCUT2D eigenvalue weighted by Gasteiger charge is 2.30. The Hall–Kier alpha value is -3.24. The first-order valence-electron chi connectivity index (χ1n) is 12.6. The Morgan fingerprint density at radius 2 is 1.90 bits per heavy atom. The average Bonchev–Trinajstić information content (AvgIpc) is 3.74. The zero-order valence-electron chi connectivity index (χ0n) is 21.4. The molecule has 8 nitrogen and oxygen atoms in total. The first-order chi connectivity index (χ1) is 19.2. The molecule has 2 amide bonds. The molecule has 1 fully saturated rings. The van der Waals surface area contributed by atoms with E-state index in [4.69, 9.17) is 39.5 Å². The van der Waals surface area contributed by atoms with Crippen molar-refractivity contribution >= 4 is 63.8 Å². The molecule has 1 unspecified atom stereocenters. The molecule has 0 spiro atoms. The van der Waals surface area contributed by atoms with E-state index >= 15 is 0 Å². The van der Waals surface area contributed by atoms with Crippen LogP contribution in [0.5, 0.6) is 0 Å². The van der Waals surface area contributed by atoms with Crippen molar-refractivity contribution < 1.29 is 18.7 Å². The zero-order valence-corrected chi connectivity index (χ0v) is 23.7. The number of likely N-dealkylation sites (N-methyl/N-ethyl adjacent to an activating group) is 1. The van der Waals surface area contributed by atoms with E-state index in [2.05, 4.69) is 20.6 Å². The second kappa shape index (κ2) is 12.1. The quantitative estimate of drug-likeness (QED) is 0.311. The van der Waals surface area contributed by atoms with Gasteiger partial charge in [-0.15, -0.1) is 0 Å². The number of amides is 2. The van der Waals surface area contributed by atoms with Crippen LogP contribution in [0.2, 0.25) is 15.1 Å². The molecule has 2 aromatic carbocycles. The van der Waals surface area contributed by atoms with E-state index in [0.717, 1.165) is 12.3 Å². The monoisotopic (exact) mass is 603 g/mol. The van der Waals surface area contributed by atoms with Gasteiger partial charge in [-0.05, 0) is 43.0 Å². The van der Waals surface area contributed by atoms with E-state index in [-0.39, 0.29) is 27.1 Å². The molecule has 0 saturated heterocycles. The molecule has 2 aliphatic rings. The van der Waals surface area contributed by atoms with Crippen molar-refractivity contribution in [3.63, 3.8) is 0 Å². The van der Waals surface area contributed by atoms with Crippen LogP contribution in [0.15, 0.2) is 53.7 Å². The summed E-state index contributed by atoms with van der Waals surface area (Å²) < 4.78 is 19.9. The molecule has 1 aromatic heterocycles. The maximum absolute atomic E-state index is 14.2. The number of hydrogen-bond acceptors (Lipinski definition) is 6. The molecule has 12 heteroatoms. The van der Waals surface area contributed by atoms with Crippen LogP contribution in [0.25, 0.3) is 0 Å². The minimum atomic E-state index is -1.40. The molecule has 40 heavy (non-hydrogen) atoms. The number of aromatic nitrogens is 1. The van der Waals surface area contributed by atoms with Gasteiger partial charge in [0.25, 0.3) is 11.8 Å². The number of anilines is 2. The van der Waals surface area contributed by atoms with Crippen molar-refractivity contribution in [2.75, 3.05) is 37.0 Å². The van der Waals surface area contributed by atoms with Crippen LogP contribution in [-0.2, 0) is 9.53 Å². The number of pyridine rings is 1. The number of carbonyl (C=O) groups is 2. The summed E-state index contributed by atoms with van der Waals surface area (Å²) in [4.78, 5) is 37.1. The molecular formula is C28H25Cl3FN5O3. The highest BCUT2D eigenvalue weighted by atomic mass is 35.5. The molecule has 2 N–H and O–H groups in total. The summed E-state index contributed by atoms with van der Waals surface area (Å²) >= 11 is 19.1. The molecule has 0 radical (unpaired) electrons. The van der Waals surface area contributed by atoms with Gasteiger partial charge in [-0.1, -0.05) is 53.0 Å². The molecule has 0 bridgehead atoms. The smallest absolute Gasteiger partial charge is 0.269 e. The fourth-order valence-electron chi connectivity index (χ4n) is 4.27. The van der Waals surface area contributed by atoms with Crippen LogP contribution in [0.1, 0.15) is 34.3 Å². The maximum atomic E-state index is 14.2. The third-order valence-electron chi connectivity index (χ3n) is 6.52. The van der Waals surface area contributed by atoms with Gasteiger partial charge in [-0.25, -0.2) is 14.4 Å². The Morgan fingerprint density at radius 3 is 2.62 bits per heavy atom. The predicted molar refractivity (Wildman–Crippen MR) is 154 cm³/mol. The van der Waals surface area contributed by atoms with E-state index in [1.165, 1.54) is 25.0 Å². The maximum Gasteiger partial charge on any atom is 0.269 e. The summed E-state index contributed by atoms with van der Waals surface area (Å²) in [5.41, 5.74) is 1.55. The number of benzodiazepines with no additional fused rings is 1. The number of hydrogen-bond donors (Lipinski definition) is 2. The first-order valence-corrected chi connectivity index (χ1v) is 13.7. The van der Waals surface area contributed by atoms with Gasteiger partial charge < -0.3 is 20.3 Å². The van der Waals surface area contributed by atoms with Crippen molar-refractivity contribution in [1.29, 1.82) is 0 Å². The Labute approximate surface area is 245 Å². The summed E-state index contributed by atoms with van der Waals surface area (Å²) in [6.07, 6.45) is 1.99. The zero-order chi connectivity index (χ0) is 28.4. The van der Waals surface area contributed by atoms with Crippen LogP contribution in [0.3, 0.4) is 0 Å². The predicted octanol–water partition coefficient (Wildman–Crippen LogP) is 5.59. The topological polar surface area (TPSA) is 95.9 Å². The Kier molecular flexibility index (Phi) is 8.56. The molecule has 5 rings (SSSR count). The summed E-state index contributed by atoms with van der Waals surface area (Å²) in [6, 6.07) is 11.0. The van der Waals surface area contributed by atoms with Crippen molar-refractivity contribution in [2.45, 2.75) is 19.0 Å². The second-order valence-corrected chi connectivity index (χ2v) is 10.8. The molecule has 1 atom stereocenters. The summed E-state index contributed by atoms with van der Waals surface area (Å²) in [6.45, 7) is 1.55. The van der Waals surface area contributed by atoms with Crippen LogP contribution in [0.4, 0.5) is 15.9 Å². The van der Waals surface area contributed by atoms with Gasteiger partial charge in [-0.3, -0.25) is 9.59 Å². The highest BCUT2D eigenvalue weighted by Crippen LogP contribution is 2.34. The lowest BCUT2D eigenvalue weighted by molar-refractivity contribution is -0.117. The van der Waals surface area contributed by atoms with Gasteiger partial charge in [0.05, 0.1) is 39.8 Å². The second-order valence-electron chi connectivity index (χ2n) is 9.60. The van der Waals surface area contributed by atoms with Crippen LogP contribution >= 0.6 is 34.8 Å². The van der Waals surface area contributed by atoms with Crippen LogP contribution < -0.4 is 15.5 Å². The van der Waals surface area contributed by atoms with Gasteiger partial charge in [0.1, 0.15) is 11.6 Å². The van der Waals surface area contributed by atoms with E-state index < -0.39 is 23.8 Å². The number of nitrogens with one attached hydrogen (secondary N) is 2. The molecular weight excluding hydrogens is 580 g/mol. The number of halogens is 4. The molecule has 2 heterocycles. The molecule has 1 aliphatic heterocycles. The number of rotatable bonds is 9. The molecule has 208 valence electrons. The number of para-hydroxylation sites is 1. The van der Waals surface area contributed by atoms with Crippen molar-refractivity contribution in [1.82, 2.24) is 10.3 Å². The Balaban J connectivity index is 1.45. The van der Waals surface area contributed by atoms with Gasteiger partial charge >= 0.3 is 0 Å². The van der Waals surface area contributed by atoms with E-state index in [1.807, 2.05) is 0 Å².